The number of aryl methyl sites for hydroxylation is 1. The van der Waals surface area contributed by atoms with E-state index in [1.807, 2.05) is 47.8 Å². The van der Waals surface area contributed by atoms with Gasteiger partial charge in [-0.05, 0) is 12.1 Å². The zero-order chi connectivity index (χ0) is 16.4. The molecule has 1 aliphatic rings. The Morgan fingerprint density at radius 2 is 2.17 bits per heavy atom. The van der Waals surface area contributed by atoms with Crippen LogP contribution in [-0.2, 0) is 7.05 Å². The summed E-state index contributed by atoms with van der Waals surface area (Å²) in [5.41, 5.74) is 0.657. The van der Waals surface area contributed by atoms with Gasteiger partial charge in [0.1, 0.15) is 17.7 Å². The van der Waals surface area contributed by atoms with Crippen LogP contribution in [0.25, 0.3) is 0 Å². The van der Waals surface area contributed by atoms with Gasteiger partial charge >= 0.3 is 0 Å². The summed E-state index contributed by atoms with van der Waals surface area (Å²) in [7, 11) is 5.78. The number of pyridine rings is 1. The van der Waals surface area contributed by atoms with Gasteiger partial charge in [0.05, 0.1) is 0 Å². The van der Waals surface area contributed by atoms with Crippen molar-refractivity contribution in [1.82, 2.24) is 24.8 Å². The third-order valence-electron chi connectivity index (χ3n) is 4.11. The van der Waals surface area contributed by atoms with Crippen molar-refractivity contribution >= 4 is 11.7 Å². The van der Waals surface area contributed by atoms with Gasteiger partial charge in [-0.2, -0.15) is 0 Å². The molecule has 1 fully saturated rings. The van der Waals surface area contributed by atoms with Crippen molar-refractivity contribution in [3.05, 3.63) is 42.1 Å². The first kappa shape index (κ1) is 15.5. The van der Waals surface area contributed by atoms with E-state index in [0.717, 1.165) is 18.2 Å². The molecular weight excluding hydrogens is 292 g/mol. The lowest BCUT2D eigenvalue weighted by atomic mass is 10.1. The zero-order valence-corrected chi connectivity index (χ0v) is 13.7. The van der Waals surface area contributed by atoms with Crippen LogP contribution < -0.4 is 10.2 Å². The topological polar surface area (TPSA) is 66.3 Å². The maximum absolute atomic E-state index is 13.0. The molecule has 1 N–H and O–H groups in total. The highest BCUT2D eigenvalue weighted by Gasteiger charge is 2.31. The number of hydrogen-bond donors (Lipinski definition) is 1. The number of rotatable bonds is 3. The van der Waals surface area contributed by atoms with Gasteiger partial charge in [0.25, 0.3) is 5.91 Å². The van der Waals surface area contributed by atoms with Crippen molar-refractivity contribution in [2.75, 3.05) is 38.6 Å². The highest BCUT2D eigenvalue weighted by atomic mass is 16.2. The molecule has 0 radical (unpaired) electrons. The van der Waals surface area contributed by atoms with E-state index in [-0.39, 0.29) is 11.9 Å². The van der Waals surface area contributed by atoms with Gasteiger partial charge in [0, 0.05) is 64.9 Å². The van der Waals surface area contributed by atoms with E-state index in [1.54, 1.807) is 18.5 Å². The molecule has 0 aromatic carbocycles. The number of nitrogens with zero attached hydrogens (tertiary/aromatic N) is 5. The molecule has 1 unspecified atom stereocenters. The number of amides is 1. The first-order valence-electron chi connectivity index (χ1n) is 7.70. The standard InChI is InChI=1S/C16H22N6O/c1-20(2)14-10-12(4-5-18-14)16(23)22-9-6-17-11-13(22)15-19-7-8-21(15)3/h4-5,7-8,10,13,17H,6,9,11H2,1-3H3. The lowest BCUT2D eigenvalue weighted by molar-refractivity contribution is 0.0621. The van der Waals surface area contributed by atoms with Gasteiger partial charge in [-0.25, -0.2) is 9.97 Å². The van der Waals surface area contributed by atoms with Crippen molar-refractivity contribution in [2.45, 2.75) is 6.04 Å². The molecule has 0 saturated carbocycles. The lowest BCUT2D eigenvalue weighted by Gasteiger charge is -2.35. The third kappa shape index (κ3) is 3.05. The highest BCUT2D eigenvalue weighted by molar-refractivity contribution is 5.95. The van der Waals surface area contributed by atoms with Crippen molar-refractivity contribution in [3.8, 4) is 0 Å². The fourth-order valence-electron chi connectivity index (χ4n) is 2.84. The van der Waals surface area contributed by atoms with Crippen LogP contribution in [-0.4, -0.2) is 59.1 Å². The summed E-state index contributed by atoms with van der Waals surface area (Å²) in [6.07, 6.45) is 5.35. The minimum atomic E-state index is -0.0628. The molecule has 7 heteroatoms. The molecule has 0 aliphatic carbocycles. The Labute approximate surface area is 135 Å². The number of aromatic nitrogens is 3. The molecule has 2 aromatic rings. The number of imidazole rings is 1. The van der Waals surface area contributed by atoms with Crippen LogP contribution in [0, 0.1) is 0 Å². The fraction of sp³-hybridized carbons (Fsp3) is 0.438. The molecule has 3 heterocycles. The molecule has 1 aliphatic heterocycles. The minimum Gasteiger partial charge on any atom is -0.363 e. The summed E-state index contributed by atoms with van der Waals surface area (Å²) in [6.45, 7) is 2.16. The van der Waals surface area contributed by atoms with E-state index in [2.05, 4.69) is 15.3 Å². The second-order valence-corrected chi connectivity index (χ2v) is 5.91. The monoisotopic (exact) mass is 314 g/mol. The Morgan fingerprint density at radius 1 is 1.35 bits per heavy atom. The first-order chi connectivity index (χ1) is 11.1. The average molecular weight is 314 g/mol. The first-order valence-corrected chi connectivity index (χ1v) is 7.70. The summed E-state index contributed by atoms with van der Waals surface area (Å²) in [6, 6.07) is 3.54. The van der Waals surface area contributed by atoms with E-state index in [4.69, 9.17) is 0 Å². The molecule has 1 saturated heterocycles. The smallest absolute Gasteiger partial charge is 0.254 e. The third-order valence-corrected chi connectivity index (χ3v) is 4.11. The second kappa shape index (κ2) is 6.37. The number of nitrogens with one attached hydrogen (secondary N) is 1. The number of piperazine rings is 1. The van der Waals surface area contributed by atoms with Crippen LogP contribution in [0.15, 0.2) is 30.7 Å². The van der Waals surface area contributed by atoms with Crippen LogP contribution in [0.2, 0.25) is 0 Å². The Morgan fingerprint density at radius 3 is 2.87 bits per heavy atom. The van der Waals surface area contributed by atoms with E-state index < -0.39 is 0 Å². The number of carbonyl (C=O) groups excluding carboxylic acids is 1. The Kier molecular flexibility index (Phi) is 4.29. The van der Waals surface area contributed by atoms with Gasteiger partial charge in [-0.15, -0.1) is 0 Å². The van der Waals surface area contributed by atoms with Gasteiger partial charge in [-0.3, -0.25) is 4.79 Å². The van der Waals surface area contributed by atoms with Gasteiger partial charge in [0.2, 0.25) is 0 Å². The Balaban J connectivity index is 1.90. The van der Waals surface area contributed by atoms with Crippen molar-refractivity contribution in [2.24, 2.45) is 7.05 Å². The van der Waals surface area contributed by atoms with Crippen LogP contribution in [0.1, 0.15) is 22.2 Å². The normalized spacial score (nSPS) is 18.0. The maximum atomic E-state index is 13.0. The summed E-state index contributed by atoms with van der Waals surface area (Å²) < 4.78 is 1.97. The maximum Gasteiger partial charge on any atom is 0.254 e. The zero-order valence-electron chi connectivity index (χ0n) is 13.7. The van der Waals surface area contributed by atoms with Gasteiger partial charge in [-0.1, -0.05) is 0 Å². The molecule has 122 valence electrons. The van der Waals surface area contributed by atoms with Gasteiger partial charge in [0.15, 0.2) is 0 Å². The second-order valence-electron chi connectivity index (χ2n) is 5.91. The lowest BCUT2D eigenvalue weighted by Crippen LogP contribution is -2.49. The average Bonchev–Trinajstić information content (AvgIpc) is 3.00. The Hall–Kier alpha value is -2.41. The quantitative estimate of drug-likeness (QED) is 0.902. The van der Waals surface area contributed by atoms with Gasteiger partial charge < -0.3 is 19.7 Å². The van der Waals surface area contributed by atoms with E-state index in [1.165, 1.54) is 0 Å². The number of carbonyl (C=O) groups is 1. The molecule has 2 aromatic heterocycles. The Bertz CT molecular complexity index is 695. The number of anilines is 1. The molecule has 0 spiro atoms. The van der Waals surface area contributed by atoms with Crippen LogP contribution >= 0.6 is 0 Å². The van der Waals surface area contributed by atoms with E-state index in [9.17, 15) is 4.79 Å². The summed E-state index contributed by atoms with van der Waals surface area (Å²) in [5, 5.41) is 3.35. The molecule has 1 amide bonds. The highest BCUT2D eigenvalue weighted by Crippen LogP contribution is 2.23. The molecule has 0 bridgehead atoms. The molecule has 1 atom stereocenters. The van der Waals surface area contributed by atoms with Crippen LogP contribution in [0.3, 0.4) is 0 Å². The molecular formula is C16H22N6O. The predicted octanol–water partition coefficient (Wildman–Crippen LogP) is 0.668. The summed E-state index contributed by atoms with van der Waals surface area (Å²) in [5.74, 6) is 1.69. The van der Waals surface area contributed by atoms with Crippen LogP contribution in [0.5, 0.6) is 0 Å². The summed E-state index contributed by atoms with van der Waals surface area (Å²) >= 11 is 0. The largest absolute Gasteiger partial charge is 0.363 e. The van der Waals surface area contributed by atoms with E-state index >= 15 is 0 Å². The fourth-order valence-corrected chi connectivity index (χ4v) is 2.84. The molecule has 23 heavy (non-hydrogen) atoms. The van der Waals surface area contributed by atoms with Crippen molar-refractivity contribution in [1.29, 1.82) is 0 Å². The predicted molar refractivity (Wildman–Crippen MR) is 88.4 cm³/mol. The molecule has 7 nitrogen and oxygen atoms in total. The SMILES string of the molecule is CN(C)c1cc(C(=O)N2CCNCC2c2nccn2C)ccn1. The molecule has 3 rings (SSSR count). The van der Waals surface area contributed by atoms with Crippen LogP contribution in [0.4, 0.5) is 5.82 Å². The number of hydrogen-bond acceptors (Lipinski definition) is 5. The summed E-state index contributed by atoms with van der Waals surface area (Å²) in [4.78, 5) is 25.5. The minimum absolute atomic E-state index is 0.0185. The van der Waals surface area contributed by atoms with Crippen molar-refractivity contribution < 1.29 is 4.79 Å². The van der Waals surface area contributed by atoms with Crippen molar-refractivity contribution in [3.63, 3.8) is 0 Å². The van der Waals surface area contributed by atoms with E-state index in [0.29, 0.717) is 18.7 Å².